The van der Waals surface area contributed by atoms with Gasteiger partial charge in [-0.3, -0.25) is 4.79 Å². The van der Waals surface area contributed by atoms with Crippen molar-refractivity contribution < 1.29 is 22.7 Å². The Morgan fingerprint density at radius 3 is 2.29 bits per heavy atom. The predicted octanol–water partition coefficient (Wildman–Crippen LogP) is 2.32. The van der Waals surface area contributed by atoms with Gasteiger partial charge in [0.25, 0.3) is 5.91 Å². The van der Waals surface area contributed by atoms with E-state index in [0.717, 1.165) is 10.5 Å². The fourth-order valence-corrected chi connectivity index (χ4v) is 1.70. The zero-order chi connectivity index (χ0) is 16.0. The van der Waals surface area contributed by atoms with Gasteiger partial charge in [-0.15, -0.1) is 0 Å². The molecule has 118 valence electrons. The minimum absolute atomic E-state index is 0.381. The van der Waals surface area contributed by atoms with Crippen LogP contribution in [0.4, 0.5) is 13.2 Å². The van der Waals surface area contributed by atoms with Gasteiger partial charge < -0.3 is 15.4 Å². The van der Waals surface area contributed by atoms with Crippen molar-refractivity contribution in [3.63, 3.8) is 0 Å². The van der Waals surface area contributed by atoms with Crippen LogP contribution >= 0.6 is 0 Å². The lowest BCUT2D eigenvalue weighted by atomic mass is 10.2. The van der Waals surface area contributed by atoms with E-state index in [0.29, 0.717) is 12.3 Å². The van der Waals surface area contributed by atoms with Crippen molar-refractivity contribution >= 4 is 5.91 Å². The van der Waals surface area contributed by atoms with Crippen molar-refractivity contribution in [2.24, 2.45) is 5.73 Å². The second kappa shape index (κ2) is 7.31. The second-order valence-corrected chi connectivity index (χ2v) is 4.87. The second-order valence-electron chi connectivity index (χ2n) is 4.87. The maximum Gasteiger partial charge on any atom is 0.406 e. The Morgan fingerprint density at radius 2 is 1.86 bits per heavy atom. The van der Waals surface area contributed by atoms with Crippen LogP contribution in [0.5, 0.6) is 5.75 Å². The van der Waals surface area contributed by atoms with E-state index in [1.807, 2.05) is 0 Å². The number of carbonyl (C=O) groups is 1. The molecule has 21 heavy (non-hydrogen) atoms. The number of halogens is 3. The van der Waals surface area contributed by atoms with Crippen LogP contribution in [0.2, 0.25) is 0 Å². The highest BCUT2D eigenvalue weighted by Gasteiger charge is 2.34. The maximum atomic E-state index is 12.4. The van der Waals surface area contributed by atoms with E-state index >= 15 is 0 Å². The molecule has 1 amide bonds. The van der Waals surface area contributed by atoms with E-state index < -0.39 is 31.3 Å². The predicted molar refractivity (Wildman–Crippen MR) is 72.7 cm³/mol. The number of hydrogen-bond acceptors (Lipinski definition) is 3. The number of nitrogens with zero attached hydrogens (tertiary/aromatic N) is 1. The summed E-state index contributed by atoms with van der Waals surface area (Å²) in [5, 5.41) is 0. The largest absolute Gasteiger partial charge is 0.484 e. The number of alkyl halides is 3. The first-order chi connectivity index (χ1) is 9.73. The average molecular weight is 304 g/mol. The van der Waals surface area contributed by atoms with Crippen molar-refractivity contribution in [1.29, 1.82) is 0 Å². The van der Waals surface area contributed by atoms with Gasteiger partial charge in [-0.05, 0) is 31.5 Å². The molecule has 0 aliphatic rings. The molecular formula is C14H19F3N2O2. The molecule has 0 unspecified atom stereocenters. The molecule has 0 heterocycles. The molecule has 0 radical (unpaired) electrons. The topological polar surface area (TPSA) is 55.6 Å². The van der Waals surface area contributed by atoms with Crippen molar-refractivity contribution in [3.05, 3.63) is 29.8 Å². The number of amides is 1. The third kappa shape index (κ3) is 6.03. The smallest absolute Gasteiger partial charge is 0.406 e. The van der Waals surface area contributed by atoms with E-state index in [1.165, 1.54) is 13.8 Å². The molecule has 2 N–H and O–H groups in total. The Labute approximate surface area is 121 Å². The number of ether oxygens (including phenoxy) is 1. The molecule has 0 saturated heterocycles. The molecule has 0 saturated carbocycles. The van der Waals surface area contributed by atoms with Gasteiger partial charge in [0.1, 0.15) is 12.3 Å². The summed E-state index contributed by atoms with van der Waals surface area (Å²) < 4.78 is 42.5. The first-order valence-electron chi connectivity index (χ1n) is 6.51. The van der Waals surface area contributed by atoms with Crippen LogP contribution in [0.1, 0.15) is 19.4 Å². The molecule has 0 atom stereocenters. The quantitative estimate of drug-likeness (QED) is 0.877. The highest BCUT2D eigenvalue weighted by Crippen LogP contribution is 2.18. The molecule has 0 spiro atoms. The van der Waals surface area contributed by atoms with Crippen LogP contribution in [0.25, 0.3) is 0 Å². The van der Waals surface area contributed by atoms with Gasteiger partial charge in [0, 0.05) is 12.6 Å². The molecule has 1 rings (SSSR count). The summed E-state index contributed by atoms with van der Waals surface area (Å²) in [7, 11) is 0. The van der Waals surface area contributed by atoms with Crippen LogP contribution in [0.3, 0.4) is 0 Å². The number of nitrogens with two attached hydrogens (primary N) is 1. The number of hydrogen-bond donors (Lipinski definition) is 1. The minimum atomic E-state index is -4.43. The van der Waals surface area contributed by atoms with Crippen molar-refractivity contribution in [3.8, 4) is 5.75 Å². The van der Waals surface area contributed by atoms with Crippen LogP contribution in [0.15, 0.2) is 24.3 Å². The molecule has 0 aliphatic heterocycles. The van der Waals surface area contributed by atoms with Crippen LogP contribution in [0, 0.1) is 0 Å². The standard InChI is InChI=1S/C14H19F3N2O2/c1-10(2)19(9-14(15,16)17)13(20)8-21-12-5-3-11(7-18)4-6-12/h3-6,10H,7-9,18H2,1-2H3. The zero-order valence-corrected chi connectivity index (χ0v) is 12.0. The molecule has 1 aromatic carbocycles. The van der Waals surface area contributed by atoms with Crippen molar-refractivity contribution in [2.45, 2.75) is 32.6 Å². The van der Waals surface area contributed by atoms with Crippen LogP contribution in [-0.4, -0.2) is 36.2 Å². The van der Waals surface area contributed by atoms with Crippen LogP contribution in [-0.2, 0) is 11.3 Å². The van der Waals surface area contributed by atoms with Gasteiger partial charge in [-0.1, -0.05) is 12.1 Å². The summed E-state index contributed by atoms with van der Waals surface area (Å²) in [4.78, 5) is 12.6. The lowest BCUT2D eigenvalue weighted by molar-refractivity contribution is -0.165. The average Bonchev–Trinajstić information content (AvgIpc) is 2.41. The highest BCUT2D eigenvalue weighted by atomic mass is 19.4. The Hall–Kier alpha value is -1.76. The summed E-state index contributed by atoms with van der Waals surface area (Å²) >= 11 is 0. The lowest BCUT2D eigenvalue weighted by Gasteiger charge is -2.27. The zero-order valence-electron chi connectivity index (χ0n) is 12.0. The summed E-state index contributed by atoms with van der Waals surface area (Å²) in [6, 6.07) is 6.16. The van der Waals surface area contributed by atoms with Gasteiger partial charge in [0.05, 0.1) is 0 Å². The third-order valence-corrected chi connectivity index (χ3v) is 2.81. The van der Waals surface area contributed by atoms with Crippen LogP contribution < -0.4 is 10.5 Å². The lowest BCUT2D eigenvalue weighted by Crippen LogP contribution is -2.45. The summed E-state index contributed by atoms with van der Waals surface area (Å²) in [5.41, 5.74) is 6.34. The Bertz CT molecular complexity index is 458. The van der Waals surface area contributed by atoms with Crippen molar-refractivity contribution in [1.82, 2.24) is 4.90 Å². The van der Waals surface area contributed by atoms with E-state index in [4.69, 9.17) is 10.5 Å². The molecule has 0 aliphatic carbocycles. The Balaban J connectivity index is 2.60. The molecule has 0 aromatic heterocycles. The fourth-order valence-electron chi connectivity index (χ4n) is 1.70. The van der Waals surface area contributed by atoms with Gasteiger partial charge in [-0.25, -0.2) is 0 Å². The van der Waals surface area contributed by atoms with Gasteiger partial charge in [0.2, 0.25) is 0 Å². The van der Waals surface area contributed by atoms with Gasteiger partial charge in [-0.2, -0.15) is 13.2 Å². The summed E-state index contributed by atoms with van der Waals surface area (Å²) in [6.07, 6.45) is -4.43. The highest BCUT2D eigenvalue weighted by molar-refractivity contribution is 5.78. The SMILES string of the molecule is CC(C)N(CC(F)(F)F)C(=O)COc1ccc(CN)cc1. The number of carbonyl (C=O) groups excluding carboxylic acids is 1. The normalized spacial score (nSPS) is 11.6. The third-order valence-electron chi connectivity index (χ3n) is 2.81. The molecular weight excluding hydrogens is 285 g/mol. The first-order valence-corrected chi connectivity index (χ1v) is 6.51. The Kier molecular flexibility index (Phi) is 6.02. The molecule has 7 heteroatoms. The Morgan fingerprint density at radius 1 is 1.29 bits per heavy atom. The number of rotatable bonds is 6. The molecule has 4 nitrogen and oxygen atoms in total. The molecule has 0 bridgehead atoms. The monoisotopic (exact) mass is 304 g/mol. The summed E-state index contributed by atoms with van der Waals surface area (Å²) in [5.74, 6) is -0.290. The fraction of sp³-hybridized carbons (Fsp3) is 0.500. The molecule has 1 aromatic rings. The van der Waals surface area contributed by atoms with Gasteiger partial charge >= 0.3 is 6.18 Å². The summed E-state index contributed by atoms with van der Waals surface area (Å²) in [6.45, 7) is 1.72. The van der Waals surface area contributed by atoms with E-state index in [-0.39, 0.29) is 0 Å². The first kappa shape index (κ1) is 17.3. The minimum Gasteiger partial charge on any atom is -0.484 e. The van der Waals surface area contributed by atoms with Gasteiger partial charge in [0.15, 0.2) is 6.61 Å². The number of benzene rings is 1. The van der Waals surface area contributed by atoms with E-state index in [2.05, 4.69) is 0 Å². The van der Waals surface area contributed by atoms with E-state index in [9.17, 15) is 18.0 Å². The van der Waals surface area contributed by atoms with E-state index in [1.54, 1.807) is 24.3 Å². The van der Waals surface area contributed by atoms with Crippen molar-refractivity contribution in [2.75, 3.05) is 13.2 Å². The molecule has 0 fully saturated rings. The maximum absolute atomic E-state index is 12.4.